The van der Waals surface area contributed by atoms with Crippen molar-refractivity contribution in [2.24, 2.45) is 0 Å². The summed E-state index contributed by atoms with van der Waals surface area (Å²) in [6.07, 6.45) is 0. The van der Waals surface area contributed by atoms with E-state index in [1.165, 1.54) is 0 Å². The molecule has 1 rings (SSSR count). The summed E-state index contributed by atoms with van der Waals surface area (Å²) in [4.78, 5) is 20.2. The van der Waals surface area contributed by atoms with Crippen LogP contribution in [0.5, 0.6) is 0 Å². The number of aromatic carboxylic acids is 2. The number of rotatable bonds is 3. The predicted molar refractivity (Wildman–Crippen MR) is 58.7 cm³/mol. The Kier molecular flexibility index (Phi) is 5.56. The number of benzene rings is 1. The molecule has 0 heterocycles. The first-order valence-corrected chi connectivity index (χ1v) is 5.26. The van der Waals surface area contributed by atoms with E-state index in [1.807, 2.05) is 0 Å². The van der Waals surface area contributed by atoms with E-state index in [1.54, 1.807) is 0 Å². The number of hydrogen-bond donors (Lipinski definition) is 3. The third-order valence-electron chi connectivity index (χ3n) is 1.73. The molecule has 7 nitrogen and oxygen atoms in total. The summed E-state index contributed by atoms with van der Waals surface area (Å²) in [5.41, 5.74) is -1.58. The molecular weight excluding hydrogens is 280 g/mol. The molecule has 1 aromatic carbocycles. The monoisotopic (exact) mass is 288 g/mol. The van der Waals surface area contributed by atoms with Crippen molar-refractivity contribution in [3.8, 4) is 0 Å². The molecule has 0 bridgehead atoms. The zero-order chi connectivity index (χ0) is 12.5. The molecule has 0 saturated carbocycles. The first-order valence-electron chi connectivity index (χ1n) is 3.82. The third-order valence-corrected chi connectivity index (χ3v) is 2.69. The van der Waals surface area contributed by atoms with Crippen LogP contribution in [0.15, 0.2) is 23.1 Å². The van der Waals surface area contributed by atoms with Gasteiger partial charge in [-0.1, -0.05) is 6.07 Å². The molecule has 0 amide bonds. The second-order valence-electron chi connectivity index (χ2n) is 2.77. The quantitative estimate of drug-likeness (QED) is 0.501. The summed E-state index contributed by atoms with van der Waals surface area (Å²) < 4.78 is 30.6. The topological polar surface area (TPSA) is 129 Å². The van der Waals surface area contributed by atoms with Gasteiger partial charge in [-0.3, -0.25) is 4.55 Å². The van der Waals surface area contributed by atoms with E-state index in [9.17, 15) is 18.0 Å². The van der Waals surface area contributed by atoms with Crippen LogP contribution in [-0.4, -0.2) is 72.9 Å². The van der Waals surface area contributed by atoms with Crippen molar-refractivity contribution < 1.29 is 32.8 Å². The Hall–Kier alpha value is -0.670. The van der Waals surface area contributed by atoms with Crippen LogP contribution in [0.1, 0.15) is 20.7 Å². The molecular formula is C8H8CaO7S. The average molecular weight is 288 g/mol. The van der Waals surface area contributed by atoms with Gasteiger partial charge in [-0.25, -0.2) is 9.59 Å². The fourth-order valence-corrected chi connectivity index (χ4v) is 2.02. The first kappa shape index (κ1) is 16.3. The Morgan fingerprint density at radius 2 is 1.35 bits per heavy atom. The fourth-order valence-electron chi connectivity index (χ4n) is 1.15. The van der Waals surface area contributed by atoms with Gasteiger partial charge >= 0.3 is 49.7 Å². The van der Waals surface area contributed by atoms with Crippen molar-refractivity contribution in [2.75, 3.05) is 0 Å². The van der Waals surface area contributed by atoms with Gasteiger partial charge in [-0.05, 0) is 12.1 Å². The molecule has 90 valence electrons. The van der Waals surface area contributed by atoms with Crippen molar-refractivity contribution in [3.05, 3.63) is 29.3 Å². The molecule has 0 aromatic heterocycles. The summed E-state index contributed by atoms with van der Waals surface area (Å²) >= 11 is 0. The summed E-state index contributed by atoms with van der Waals surface area (Å²) in [5, 5.41) is 17.3. The van der Waals surface area contributed by atoms with Gasteiger partial charge in [0.05, 0.1) is 11.1 Å². The maximum absolute atomic E-state index is 10.9. The van der Waals surface area contributed by atoms with Crippen LogP contribution in [0.25, 0.3) is 0 Å². The molecule has 0 spiro atoms. The molecule has 0 fully saturated rings. The standard InChI is InChI=1S/C8H6O7S.Ca.2H/c9-7(10)4-2-1-3-5(8(11)12)6(4)16(13,14)15;;;/h1-3H,(H,9,10)(H,11,12)(H,13,14,15);;;. The van der Waals surface area contributed by atoms with Crippen LogP contribution in [0, 0.1) is 0 Å². The van der Waals surface area contributed by atoms with E-state index in [0.29, 0.717) is 0 Å². The molecule has 3 N–H and O–H groups in total. The van der Waals surface area contributed by atoms with Crippen LogP contribution in [0.3, 0.4) is 0 Å². The normalized spacial score (nSPS) is 10.4. The van der Waals surface area contributed by atoms with Gasteiger partial charge in [0.25, 0.3) is 10.1 Å². The third kappa shape index (κ3) is 3.65. The van der Waals surface area contributed by atoms with Crippen LogP contribution < -0.4 is 0 Å². The van der Waals surface area contributed by atoms with Gasteiger partial charge in [0.1, 0.15) is 4.90 Å². The van der Waals surface area contributed by atoms with Crippen molar-refractivity contribution in [3.63, 3.8) is 0 Å². The summed E-state index contributed by atoms with van der Waals surface area (Å²) in [6.45, 7) is 0. The number of carbonyl (C=O) groups is 2. The minimum absolute atomic E-state index is 0. The van der Waals surface area contributed by atoms with Gasteiger partial charge < -0.3 is 10.2 Å². The summed E-state index contributed by atoms with van der Waals surface area (Å²) in [6, 6.07) is 2.84. The molecule has 9 heteroatoms. The van der Waals surface area contributed by atoms with Crippen LogP contribution in [0.4, 0.5) is 0 Å². The van der Waals surface area contributed by atoms with Crippen molar-refractivity contribution >= 4 is 59.8 Å². The summed E-state index contributed by atoms with van der Waals surface area (Å²) in [5.74, 6) is -3.29. The zero-order valence-corrected chi connectivity index (χ0v) is 8.43. The summed E-state index contributed by atoms with van der Waals surface area (Å²) in [7, 11) is -4.92. The van der Waals surface area contributed by atoms with Crippen LogP contribution >= 0.6 is 0 Å². The first-order chi connectivity index (χ1) is 7.25. The molecule has 0 aliphatic rings. The number of carboxylic acid groups (broad SMARTS) is 2. The van der Waals surface area contributed by atoms with E-state index in [2.05, 4.69) is 0 Å². The van der Waals surface area contributed by atoms with E-state index >= 15 is 0 Å². The molecule has 0 radical (unpaired) electrons. The molecule has 0 unspecified atom stereocenters. The maximum atomic E-state index is 10.9. The molecule has 0 aliphatic carbocycles. The Bertz CT molecular complexity index is 531. The van der Waals surface area contributed by atoms with Gasteiger partial charge in [0, 0.05) is 0 Å². The second kappa shape index (κ2) is 5.78. The van der Waals surface area contributed by atoms with Crippen molar-refractivity contribution in [1.82, 2.24) is 0 Å². The van der Waals surface area contributed by atoms with Gasteiger partial charge in [0.2, 0.25) is 0 Å². The Labute approximate surface area is 126 Å². The molecule has 0 aliphatic heterocycles. The predicted octanol–water partition coefficient (Wildman–Crippen LogP) is -0.586. The van der Waals surface area contributed by atoms with E-state index in [-0.39, 0.29) is 37.7 Å². The van der Waals surface area contributed by atoms with Gasteiger partial charge in [-0.15, -0.1) is 0 Å². The van der Waals surface area contributed by atoms with Crippen LogP contribution in [0.2, 0.25) is 0 Å². The van der Waals surface area contributed by atoms with Crippen LogP contribution in [-0.2, 0) is 10.1 Å². The molecule has 17 heavy (non-hydrogen) atoms. The Balaban J connectivity index is 0.00000256. The zero-order valence-electron chi connectivity index (χ0n) is 7.61. The number of carboxylic acids is 2. The molecule has 1 aromatic rings. The average Bonchev–Trinajstić information content (AvgIpc) is 2.15. The van der Waals surface area contributed by atoms with Crippen molar-refractivity contribution in [1.29, 1.82) is 0 Å². The van der Waals surface area contributed by atoms with E-state index in [0.717, 1.165) is 18.2 Å². The minimum atomic E-state index is -4.92. The molecule has 0 atom stereocenters. The second-order valence-corrected chi connectivity index (χ2v) is 4.13. The number of hydrogen-bond acceptors (Lipinski definition) is 4. The van der Waals surface area contributed by atoms with E-state index < -0.39 is 38.1 Å². The Morgan fingerprint density at radius 3 is 1.59 bits per heavy atom. The SMILES string of the molecule is O=C(O)c1cccc(C(=O)O)c1S(=O)(=O)O.[CaH2]. The molecule has 0 saturated heterocycles. The van der Waals surface area contributed by atoms with Gasteiger partial charge in [-0.2, -0.15) is 8.42 Å². The van der Waals surface area contributed by atoms with Gasteiger partial charge in [0.15, 0.2) is 0 Å². The van der Waals surface area contributed by atoms with E-state index in [4.69, 9.17) is 14.8 Å². The Morgan fingerprint density at radius 1 is 1.00 bits per heavy atom. The fraction of sp³-hybridized carbons (Fsp3) is 0. The van der Waals surface area contributed by atoms with Crippen molar-refractivity contribution in [2.45, 2.75) is 4.90 Å².